The molecule has 4 rings (SSSR count). The van der Waals surface area contributed by atoms with Crippen LogP contribution in [0.2, 0.25) is 0 Å². The molecule has 0 aromatic carbocycles. The van der Waals surface area contributed by atoms with Crippen LogP contribution in [0.1, 0.15) is 82.6 Å². The molecule has 4 nitrogen and oxygen atoms in total. The molecule has 1 aliphatic heterocycles. The number of aromatic nitrogens is 1. The summed E-state index contributed by atoms with van der Waals surface area (Å²) in [6.45, 7) is 4.01. The van der Waals surface area contributed by atoms with Crippen molar-refractivity contribution in [2.75, 3.05) is 19.6 Å². The molecule has 2 fully saturated rings. The Labute approximate surface area is 182 Å². The zero-order chi connectivity index (χ0) is 20.6. The average Bonchev–Trinajstić information content (AvgIpc) is 2.81. The molecule has 0 N–H and O–H groups in total. The minimum atomic E-state index is 0.307. The van der Waals surface area contributed by atoms with E-state index in [2.05, 4.69) is 26.9 Å². The quantitative estimate of drug-likeness (QED) is 0.570. The van der Waals surface area contributed by atoms with Crippen LogP contribution in [-0.2, 0) is 11.3 Å². The highest BCUT2D eigenvalue weighted by Crippen LogP contribution is 2.28. The highest BCUT2D eigenvalue weighted by atomic mass is 16.2. The van der Waals surface area contributed by atoms with E-state index in [1.807, 2.05) is 18.5 Å². The predicted octanol–water partition coefficient (Wildman–Crippen LogP) is 5.35. The lowest BCUT2D eigenvalue weighted by Gasteiger charge is -2.41. The van der Waals surface area contributed by atoms with Crippen molar-refractivity contribution in [1.82, 2.24) is 14.8 Å². The van der Waals surface area contributed by atoms with E-state index in [0.29, 0.717) is 24.8 Å². The number of pyridine rings is 1. The Morgan fingerprint density at radius 2 is 2.00 bits per heavy atom. The zero-order valence-corrected chi connectivity index (χ0v) is 18.6. The molecular formula is C26H39N3O. The third-order valence-electron chi connectivity index (χ3n) is 7.33. The summed E-state index contributed by atoms with van der Waals surface area (Å²) in [5.41, 5.74) is 2.50. The monoisotopic (exact) mass is 409 g/mol. The summed E-state index contributed by atoms with van der Waals surface area (Å²) >= 11 is 0. The third-order valence-corrected chi connectivity index (χ3v) is 7.33. The third kappa shape index (κ3) is 6.16. The number of nitrogens with zero attached hydrogens (tertiary/aromatic N) is 3. The standard InChI is InChI=1S/C26H39N3O/c30-26(17-22-9-3-1-4-10-22)29(19-23-11-7-15-27-18-23)21-24-12-8-16-28(20-24)25-13-5-2-6-14-25/h7,9,11,15,18,24-25H,1-6,8,10,12-14,16-17,19-21H2/t24-/m1/s1. The van der Waals surface area contributed by atoms with Gasteiger partial charge in [-0.1, -0.05) is 37.0 Å². The van der Waals surface area contributed by atoms with Gasteiger partial charge in [-0.3, -0.25) is 9.78 Å². The van der Waals surface area contributed by atoms with Crippen LogP contribution in [0.4, 0.5) is 0 Å². The smallest absolute Gasteiger partial charge is 0.226 e. The molecule has 1 aromatic rings. The van der Waals surface area contributed by atoms with Crippen LogP contribution in [0.5, 0.6) is 0 Å². The van der Waals surface area contributed by atoms with Gasteiger partial charge in [0.05, 0.1) is 0 Å². The van der Waals surface area contributed by atoms with Gasteiger partial charge >= 0.3 is 0 Å². The van der Waals surface area contributed by atoms with Crippen LogP contribution in [0.15, 0.2) is 36.2 Å². The maximum Gasteiger partial charge on any atom is 0.226 e. The van der Waals surface area contributed by atoms with E-state index in [-0.39, 0.29) is 0 Å². The second kappa shape index (κ2) is 11.1. The molecule has 0 unspecified atom stereocenters. The zero-order valence-electron chi connectivity index (χ0n) is 18.6. The molecule has 30 heavy (non-hydrogen) atoms. The van der Waals surface area contributed by atoms with Crippen molar-refractivity contribution in [3.63, 3.8) is 0 Å². The largest absolute Gasteiger partial charge is 0.338 e. The van der Waals surface area contributed by atoms with Gasteiger partial charge < -0.3 is 9.80 Å². The Hall–Kier alpha value is -1.68. The fourth-order valence-corrected chi connectivity index (χ4v) is 5.67. The Morgan fingerprint density at radius 3 is 2.77 bits per heavy atom. The van der Waals surface area contributed by atoms with Crippen molar-refractivity contribution < 1.29 is 4.79 Å². The molecule has 1 amide bonds. The molecule has 164 valence electrons. The Kier molecular flexibility index (Phi) is 7.96. The lowest BCUT2D eigenvalue weighted by molar-refractivity contribution is -0.132. The predicted molar refractivity (Wildman–Crippen MR) is 122 cm³/mol. The van der Waals surface area contributed by atoms with Gasteiger partial charge in [0.15, 0.2) is 0 Å². The van der Waals surface area contributed by atoms with E-state index in [1.165, 1.54) is 76.5 Å². The van der Waals surface area contributed by atoms with Crippen molar-refractivity contribution in [2.45, 2.75) is 89.6 Å². The molecule has 1 aromatic heterocycles. The van der Waals surface area contributed by atoms with Crippen LogP contribution < -0.4 is 0 Å². The minimum Gasteiger partial charge on any atom is -0.338 e. The fraction of sp³-hybridized carbons (Fsp3) is 0.692. The first-order chi connectivity index (χ1) is 14.8. The molecule has 2 heterocycles. The van der Waals surface area contributed by atoms with E-state index in [9.17, 15) is 4.79 Å². The van der Waals surface area contributed by atoms with Gasteiger partial charge in [0.1, 0.15) is 0 Å². The van der Waals surface area contributed by atoms with E-state index in [1.54, 1.807) is 0 Å². The minimum absolute atomic E-state index is 0.307. The lowest BCUT2D eigenvalue weighted by atomic mass is 9.90. The molecule has 0 bridgehead atoms. The Morgan fingerprint density at radius 1 is 1.10 bits per heavy atom. The van der Waals surface area contributed by atoms with Crippen LogP contribution in [-0.4, -0.2) is 46.4 Å². The van der Waals surface area contributed by atoms with Crippen LogP contribution >= 0.6 is 0 Å². The van der Waals surface area contributed by atoms with Gasteiger partial charge in [-0.15, -0.1) is 0 Å². The first-order valence-corrected chi connectivity index (χ1v) is 12.4. The number of amides is 1. The molecule has 2 aliphatic carbocycles. The molecule has 1 saturated carbocycles. The number of hydrogen-bond donors (Lipinski definition) is 0. The summed E-state index contributed by atoms with van der Waals surface area (Å²) in [5, 5.41) is 0. The summed E-state index contributed by atoms with van der Waals surface area (Å²) in [4.78, 5) is 22.5. The summed E-state index contributed by atoms with van der Waals surface area (Å²) in [5.74, 6) is 0.906. The topological polar surface area (TPSA) is 36.4 Å². The number of allylic oxidation sites excluding steroid dienone is 1. The average molecular weight is 410 g/mol. The molecule has 4 heteroatoms. The number of carbonyl (C=O) groups excluding carboxylic acids is 1. The molecule has 1 atom stereocenters. The number of rotatable bonds is 7. The first kappa shape index (κ1) is 21.5. The van der Waals surface area contributed by atoms with Crippen molar-refractivity contribution in [3.05, 3.63) is 41.7 Å². The number of likely N-dealkylation sites (tertiary alicyclic amines) is 1. The van der Waals surface area contributed by atoms with Crippen molar-refractivity contribution >= 4 is 5.91 Å². The number of piperidine rings is 1. The normalized spacial score (nSPS) is 23.7. The highest BCUT2D eigenvalue weighted by molar-refractivity contribution is 5.78. The second-order valence-corrected chi connectivity index (χ2v) is 9.72. The van der Waals surface area contributed by atoms with Crippen molar-refractivity contribution in [1.29, 1.82) is 0 Å². The van der Waals surface area contributed by atoms with Gasteiger partial charge in [-0.2, -0.15) is 0 Å². The maximum atomic E-state index is 13.3. The second-order valence-electron chi connectivity index (χ2n) is 9.72. The first-order valence-electron chi connectivity index (χ1n) is 12.4. The van der Waals surface area contributed by atoms with Gasteiger partial charge in [0, 0.05) is 44.5 Å². The van der Waals surface area contributed by atoms with Crippen LogP contribution in [0, 0.1) is 5.92 Å². The van der Waals surface area contributed by atoms with E-state index >= 15 is 0 Å². The number of hydrogen-bond acceptors (Lipinski definition) is 3. The lowest BCUT2D eigenvalue weighted by Crippen LogP contribution is -2.47. The Balaban J connectivity index is 1.40. The van der Waals surface area contributed by atoms with Gasteiger partial charge in [0.2, 0.25) is 5.91 Å². The molecule has 1 saturated heterocycles. The van der Waals surface area contributed by atoms with Gasteiger partial charge in [-0.25, -0.2) is 0 Å². The SMILES string of the molecule is O=C(CC1=CCCCC1)N(Cc1cccnc1)C[C@@H]1CCCN(C2CCCCC2)C1. The summed E-state index contributed by atoms with van der Waals surface area (Å²) < 4.78 is 0. The van der Waals surface area contributed by atoms with Crippen LogP contribution in [0.3, 0.4) is 0 Å². The molecular weight excluding hydrogens is 370 g/mol. The maximum absolute atomic E-state index is 13.3. The molecule has 3 aliphatic rings. The molecule has 0 spiro atoms. The van der Waals surface area contributed by atoms with E-state index in [4.69, 9.17) is 0 Å². The highest BCUT2D eigenvalue weighted by Gasteiger charge is 2.29. The number of carbonyl (C=O) groups is 1. The molecule has 0 radical (unpaired) electrons. The van der Waals surface area contributed by atoms with Crippen molar-refractivity contribution in [2.24, 2.45) is 5.92 Å². The van der Waals surface area contributed by atoms with Crippen molar-refractivity contribution in [3.8, 4) is 0 Å². The van der Waals surface area contributed by atoms with E-state index < -0.39 is 0 Å². The van der Waals surface area contributed by atoms with E-state index in [0.717, 1.165) is 31.0 Å². The Bertz CT molecular complexity index is 695. The summed E-state index contributed by atoms with van der Waals surface area (Å²) in [7, 11) is 0. The summed E-state index contributed by atoms with van der Waals surface area (Å²) in [6.07, 6.45) is 20.9. The van der Waals surface area contributed by atoms with Crippen LogP contribution in [0.25, 0.3) is 0 Å². The van der Waals surface area contributed by atoms with Gasteiger partial charge in [-0.05, 0) is 75.5 Å². The fourth-order valence-electron chi connectivity index (χ4n) is 5.67. The van der Waals surface area contributed by atoms with Gasteiger partial charge in [0.25, 0.3) is 0 Å². The summed E-state index contributed by atoms with van der Waals surface area (Å²) in [6, 6.07) is 4.87.